The number of ether oxygens (including phenoxy) is 10. The van der Waals surface area contributed by atoms with Crippen LogP contribution in [-0.4, -0.2) is 111 Å². The highest BCUT2D eigenvalue weighted by atomic mass is 32.2. The average molecular weight is 1060 g/mol. The molecule has 0 aromatic heterocycles. The molecule has 388 valence electrons. The Morgan fingerprint density at radius 2 is 0.640 bits per heavy atom. The Kier molecular flexibility index (Phi) is 13.9. The highest BCUT2D eigenvalue weighted by molar-refractivity contribution is 7.91. The van der Waals surface area contributed by atoms with Gasteiger partial charge in [0.2, 0.25) is 19.7 Å². The average Bonchev–Trinajstić information content (AvgIpc) is 4.24. The molecule has 4 aliphatic heterocycles. The number of benzene rings is 7. The van der Waals surface area contributed by atoms with Gasteiger partial charge in [0.1, 0.15) is 76.9 Å². The molecule has 75 heavy (non-hydrogen) atoms. The first-order chi connectivity index (χ1) is 36.3. The van der Waals surface area contributed by atoms with Crippen LogP contribution in [0.5, 0.6) is 40.2 Å². The maximum atomic E-state index is 13.6. The highest BCUT2D eigenvalue weighted by Gasteiger charge is 2.50. The van der Waals surface area contributed by atoms with E-state index in [0.717, 1.165) is 16.7 Å². The third-order valence-electron chi connectivity index (χ3n) is 14.4. The van der Waals surface area contributed by atoms with Crippen LogP contribution in [0, 0.1) is 0 Å². The van der Waals surface area contributed by atoms with Crippen molar-refractivity contribution in [2.45, 2.75) is 80.8 Å². The fourth-order valence-corrected chi connectivity index (χ4v) is 12.7. The topological polar surface area (TPSA) is 181 Å². The van der Waals surface area contributed by atoms with Crippen molar-refractivity contribution in [1.29, 1.82) is 0 Å². The van der Waals surface area contributed by atoms with Gasteiger partial charge in [-0.1, -0.05) is 36.4 Å². The third kappa shape index (κ3) is 9.98. The van der Waals surface area contributed by atoms with Crippen LogP contribution in [0.15, 0.2) is 189 Å². The summed E-state index contributed by atoms with van der Waals surface area (Å²) in [5.41, 5.74) is 2.07. The van der Waals surface area contributed by atoms with Gasteiger partial charge < -0.3 is 52.5 Å². The molecule has 8 atom stereocenters. The normalized spacial score (nSPS) is 24.0. The van der Waals surface area contributed by atoms with Crippen LogP contribution in [0.25, 0.3) is 0 Å². The first-order valence-electron chi connectivity index (χ1n) is 24.4. The van der Waals surface area contributed by atoms with Gasteiger partial charge in [-0.3, -0.25) is 0 Å². The Morgan fingerprint density at radius 1 is 0.387 bits per heavy atom. The van der Waals surface area contributed by atoms with E-state index in [0.29, 0.717) is 60.9 Å². The van der Waals surface area contributed by atoms with Crippen molar-refractivity contribution in [3.8, 4) is 40.2 Å². The molecule has 4 aliphatic rings. The van der Waals surface area contributed by atoms with E-state index in [1.54, 1.807) is 74.9 Å². The van der Waals surface area contributed by atoms with Gasteiger partial charge in [0.05, 0.1) is 46.0 Å². The molecule has 7 aromatic carbocycles. The molecule has 0 bridgehead atoms. The molecule has 0 radical (unpaired) electrons. The quantitative estimate of drug-likeness (QED) is 0.0853. The molecular weight excluding hydrogens is 1000 g/mol. The summed E-state index contributed by atoms with van der Waals surface area (Å²) in [6, 6.07) is 47.5. The molecule has 0 spiro atoms. The van der Waals surface area contributed by atoms with Gasteiger partial charge in [-0.15, -0.1) is 0 Å². The SMILES string of the molecule is COC1COC2C(Oc3ccc(S(=O)(=O)c4ccc(Oc5ccc(C(C)(c6ccc(O)cc6)c6ccc(Oc7ccc(S(=O)(=O)c8ccc(OC9COC%10C(OC)COC9%10)cc8)cc7)cc6)cc5)cc4)cc3)COC12. The molecule has 17 heteroatoms. The van der Waals surface area contributed by atoms with E-state index in [2.05, 4.69) is 6.92 Å². The minimum atomic E-state index is -3.85. The largest absolute Gasteiger partial charge is 0.508 e. The molecule has 11 rings (SSSR count). The number of aromatic hydroxyl groups is 1. The van der Waals surface area contributed by atoms with Crippen molar-refractivity contribution in [1.82, 2.24) is 0 Å². The lowest BCUT2D eigenvalue weighted by Crippen LogP contribution is -2.35. The summed E-state index contributed by atoms with van der Waals surface area (Å²) in [5, 5.41) is 10.2. The third-order valence-corrected chi connectivity index (χ3v) is 18.0. The predicted molar refractivity (Wildman–Crippen MR) is 273 cm³/mol. The molecule has 0 amide bonds. The molecule has 1 N–H and O–H groups in total. The van der Waals surface area contributed by atoms with Crippen LogP contribution in [0.2, 0.25) is 0 Å². The maximum Gasteiger partial charge on any atom is 0.206 e. The van der Waals surface area contributed by atoms with Gasteiger partial charge in [-0.25, -0.2) is 16.8 Å². The minimum Gasteiger partial charge on any atom is -0.508 e. The Morgan fingerprint density at radius 3 is 0.947 bits per heavy atom. The van der Waals surface area contributed by atoms with Crippen molar-refractivity contribution >= 4 is 19.7 Å². The summed E-state index contributed by atoms with van der Waals surface area (Å²) < 4.78 is 113. The monoisotopic (exact) mass is 1050 g/mol. The molecule has 0 aliphatic carbocycles. The van der Waals surface area contributed by atoms with E-state index in [1.807, 2.05) is 60.7 Å². The fourth-order valence-electron chi connectivity index (χ4n) is 10.1. The van der Waals surface area contributed by atoms with Crippen molar-refractivity contribution in [3.63, 3.8) is 0 Å². The number of hydrogen-bond acceptors (Lipinski definition) is 15. The smallest absolute Gasteiger partial charge is 0.206 e. The van der Waals surface area contributed by atoms with Crippen LogP contribution < -0.4 is 18.9 Å². The van der Waals surface area contributed by atoms with E-state index < -0.39 is 25.1 Å². The van der Waals surface area contributed by atoms with Gasteiger partial charge in [0, 0.05) is 19.6 Å². The van der Waals surface area contributed by atoms with Crippen LogP contribution in [0.4, 0.5) is 0 Å². The van der Waals surface area contributed by atoms with E-state index in [-0.39, 0.29) is 74.2 Å². The van der Waals surface area contributed by atoms with Crippen LogP contribution in [0.3, 0.4) is 0 Å². The van der Waals surface area contributed by atoms with E-state index in [1.165, 1.54) is 48.5 Å². The summed E-state index contributed by atoms with van der Waals surface area (Å²) >= 11 is 0. The molecule has 15 nitrogen and oxygen atoms in total. The summed E-state index contributed by atoms with van der Waals surface area (Å²) in [6.45, 7) is 3.65. The number of hydrogen-bond donors (Lipinski definition) is 1. The summed E-state index contributed by atoms with van der Waals surface area (Å²) in [5.74, 6) is 3.14. The van der Waals surface area contributed by atoms with Crippen molar-refractivity contribution in [3.05, 3.63) is 187 Å². The van der Waals surface area contributed by atoms with Gasteiger partial charge in [0.25, 0.3) is 0 Å². The molecule has 4 heterocycles. The number of methoxy groups -OCH3 is 2. The number of phenolic OH excluding ortho intramolecular Hbond substituents is 1. The number of rotatable bonds is 17. The van der Waals surface area contributed by atoms with Gasteiger partial charge >= 0.3 is 0 Å². The molecular formula is C58H54O15S2. The maximum absolute atomic E-state index is 13.6. The lowest BCUT2D eigenvalue weighted by atomic mass is 9.71. The molecule has 8 unspecified atom stereocenters. The zero-order valence-electron chi connectivity index (χ0n) is 41.1. The summed E-state index contributed by atoms with van der Waals surface area (Å²) in [7, 11) is -4.44. The Bertz CT molecular complexity index is 3120. The van der Waals surface area contributed by atoms with E-state index in [4.69, 9.17) is 47.4 Å². The van der Waals surface area contributed by atoms with Crippen LogP contribution >= 0.6 is 0 Å². The summed E-state index contributed by atoms with van der Waals surface area (Å²) in [4.78, 5) is 0.470. The number of fused-ring (bicyclic) bond motifs is 2. The second kappa shape index (κ2) is 20.7. The zero-order valence-corrected chi connectivity index (χ0v) is 42.7. The Labute approximate surface area is 435 Å². The first kappa shape index (κ1) is 50.4. The standard InChI is InChI=1S/C58H54O15S2/c1-58(36-4-10-39(59)11-5-36,37-6-12-40(13-7-37)70-42-16-24-46(25-17-42)74(60,61)48-28-20-44(21-29-48)72-52-34-68-54-50(64-2)32-66-56(52)54)38-8-14-41(15-9-38)71-43-18-26-47(27-19-43)75(62,63)49-30-22-45(23-31-49)73-53-35-69-55-51(65-3)33-67-57(53)55/h4-31,50-57,59H,32-35H2,1-3H3. The van der Waals surface area contributed by atoms with Gasteiger partial charge in [-0.05, 0) is 157 Å². The van der Waals surface area contributed by atoms with Crippen LogP contribution in [0.1, 0.15) is 23.6 Å². The van der Waals surface area contributed by atoms with Gasteiger partial charge in [-0.2, -0.15) is 0 Å². The van der Waals surface area contributed by atoms with Gasteiger partial charge in [0.15, 0.2) is 12.2 Å². The van der Waals surface area contributed by atoms with E-state index >= 15 is 0 Å². The number of phenols is 1. The fraction of sp³-hybridized carbons (Fsp3) is 0.276. The van der Waals surface area contributed by atoms with Crippen molar-refractivity contribution < 1.29 is 69.3 Å². The molecule has 0 saturated carbocycles. The molecule has 4 saturated heterocycles. The highest BCUT2D eigenvalue weighted by Crippen LogP contribution is 2.42. The first-order valence-corrected chi connectivity index (χ1v) is 27.4. The lowest BCUT2D eigenvalue weighted by Gasteiger charge is -2.32. The lowest BCUT2D eigenvalue weighted by molar-refractivity contribution is -0.0138. The molecule has 7 aromatic rings. The van der Waals surface area contributed by atoms with Crippen molar-refractivity contribution in [2.24, 2.45) is 0 Å². The van der Waals surface area contributed by atoms with Crippen molar-refractivity contribution in [2.75, 3.05) is 40.6 Å². The van der Waals surface area contributed by atoms with Crippen LogP contribution in [-0.2, 0) is 53.5 Å². The summed E-state index contributed by atoms with van der Waals surface area (Å²) in [6.07, 6.45) is -1.87. The van der Waals surface area contributed by atoms with E-state index in [9.17, 15) is 21.9 Å². The zero-order chi connectivity index (χ0) is 51.9. The Hall–Kier alpha value is -6.80. The molecule has 4 fully saturated rings. The minimum absolute atomic E-state index is 0.112. The second-order valence-electron chi connectivity index (χ2n) is 18.9. The predicted octanol–water partition coefficient (Wildman–Crippen LogP) is 9.12. The number of sulfone groups is 2. The second-order valence-corrected chi connectivity index (χ2v) is 22.8. The Balaban J connectivity index is 0.727.